The molecule has 2 aromatic carbocycles. The van der Waals surface area contributed by atoms with E-state index in [0.29, 0.717) is 11.0 Å². The van der Waals surface area contributed by atoms with Crippen LogP contribution in [-0.2, 0) is 0 Å². The van der Waals surface area contributed by atoms with E-state index in [0.717, 1.165) is 23.9 Å². The predicted molar refractivity (Wildman–Crippen MR) is 74.3 cm³/mol. The Morgan fingerprint density at radius 2 is 1.77 bits per heavy atom. The van der Waals surface area contributed by atoms with Gasteiger partial charge in [-0.05, 0) is 18.4 Å². The minimum Gasteiger partial charge on any atom is -0.457 e. The van der Waals surface area contributed by atoms with E-state index < -0.39 is 23.6 Å². The number of hydrogen-bond acceptors (Lipinski definition) is 3. The fourth-order valence-electron chi connectivity index (χ4n) is 1.89. The van der Waals surface area contributed by atoms with Crippen LogP contribution in [0.1, 0.15) is 17.6 Å². The molecule has 0 saturated heterocycles. The standard InChI is InChI=1S/C15H9F4NOS/c1-22-13-3-2-12(14(15(18)19)11(13)7-20)21-10-5-8(16)4-9(17)6-10/h2-6,15H,1H3. The van der Waals surface area contributed by atoms with Crippen molar-refractivity contribution >= 4 is 11.8 Å². The van der Waals surface area contributed by atoms with Gasteiger partial charge in [-0.2, -0.15) is 5.26 Å². The van der Waals surface area contributed by atoms with Crippen molar-refractivity contribution in [3.05, 3.63) is 53.1 Å². The highest BCUT2D eigenvalue weighted by Crippen LogP contribution is 2.39. The van der Waals surface area contributed by atoms with Gasteiger partial charge in [0, 0.05) is 23.1 Å². The third-order valence-corrected chi connectivity index (χ3v) is 3.56. The molecule has 2 nitrogen and oxygen atoms in total. The predicted octanol–water partition coefficient (Wildman–Crippen LogP) is 5.29. The molecule has 0 heterocycles. The lowest BCUT2D eigenvalue weighted by atomic mass is 10.1. The number of rotatable bonds is 4. The Labute approximate surface area is 128 Å². The monoisotopic (exact) mass is 327 g/mol. The lowest BCUT2D eigenvalue weighted by molar-refractivity contribution is 0.147. The molecule has 114 valence electrons. The number of ether oxygens (including phenoxy) is 1. The second-order valence-electron chi connectivity index (χ2n) is 4.17. The summed E-state index contributed by atoms with van der Waals surface area (Å²) in [6.45, 7) is 0. The van der Waals surface area contributed by atoms with Gasteiger partial charge in [0.05, 0.1) is 11.1 Å². The molecular formula is C15H9F4NOS. The van der Waals surface area contributed by atoms with Crippen molar-refractivity contribution in [2.45, 2.75) is 11.3 Å². The topological polar surface area (TPSA) is 33.0 Å². The summed E-state index contributed by atoms with van der Waals surface area (Å²) in [4.78, 5) is 0.371. The number of alkyl halides is 2. The molecule has 7 heteroatoms. The van der Waals surface area contributed by atoms with Crippen LogP contribution in [0.25, 0.3) is 0 Å². The first-order valence-electron chi connectivity index (χ1n) is 5.99. The molecule has 0 amide bonds. The van der Waals surface area contributed by atoms with E-state index in [1.807, 2.05) is 0 Å². The smallest absolute Gasteiger partial charge is 0.268 e. The van der Waals surface area contributed by atoms with Crippen LogP contribution in [0.3, 0.4) is 0 Å². The van der Waals surface area contributed by atoms with Crippen LogP contribution >= 0.6 is 11.8 Å². The maximum Gasteiger partial charge on any atom is 0.268 e. The molecule has 0 aliphatic rings. The molecule has 0 radical (unpaired) electrons. The summed E-state index contributed by atoms with van der Waals surface area (Å²) in [5, 5.41) is 9.09. The highest BCUT2D eigenvalue weighted by Gasteiger charge is 2.22. The molecule has 0 fully saturated rings. The minimum absolute atomic E-state index is 0.211. The fourth-order valence-corrected chi connectivity index (χ4v) is 2.45. The van der Waals surface area contributed by atoms with E-state index in [9.17, 15) is 17.6 Å². The van der Waals surface area contributed by atoms with Gasteiger partial charge in [0.15, 0.2) is 0 Å². The Morgan fingerprint density at radius 1 is 1.14 bits per heavy atom. The fraction of sp³-hybridized carbons (Fsp3) is 0.133. The maximum atomic E-state index is 13.3. The SMILES string of the molecule is CSc1ccc(Oc2cc(F)cc(F)c2)c(C(F)F)c1C#N. The van der Waals surface area contributed by atoms with Gasteiger partial charge in [0.2, 0.25) is 0 Å². The molecular weight excluding hydrogens is 318 g/mol. The molecule has 0 aromatic heterocycles. The molecule has 0 bridgehead atoms. The van der Waals surface area contributed by atoms with Gasteiger partial charge >= 0.3 is 0 Å². The van der Waals surface area contributed by atoms with Gasteiger partial charge in [-0.3, -0.25) is 0 Å². The van der Waals surface area contributed by atoms with Crippen molar-refractivity contribution in [3.63, 3.8) is 0 Å². The van der Waals surface area contributed by atoms with Gasteiger partial charge in [-0.25, -0.2) is 17.6 Å². The largest absolute Gasteiger partial charge is 0.457 e. The van der Waals surface area contributed by atoms with Crippen molar-refractivity contribution in [2.24, 2.45) is 0 Å². The average Bonchev–Trinajstić information content (AvgIpc) is 2.45. The van der Waals surface area contributed by atoms with Gasteiger partial charge in [-0.1, -0.05) is 0 Å². The van der Waals surface area contributed by atoms with Crippen LogP contribution in [0.15, 0.2) is 35.2 Å². The van der Waals surface area contributed by atoms with Crippen LogP contribution in [0.4, 0.5) is 17.6 Å². The first kappa shape index (κ1) is 16.2. The van der Waals surface area contributed by atoms with Crippen molar-refractivity contribution in [3.8, 4) is 17.6 Å². The van der Waals surface area contributed by atoms with Gasteiger partial charge < -0.3 is 4.74 Å². The molecule has 0 aliphatic heterocycles. The van der Waals surface area contributed by atoms with Crippen molar-refractivity contribution in [1.82, 2.24) is 0 Å². The Morgan fingerprint density at radius 3 is 2.27 bits per heavy atom. The summed E-state index contributed by atoms with van der Waals surface area (Å²) in [5.41, 5.74) is -0.809. The molecule has 0 atom stereocenters. The van der Waals surface area contributed by atoms with Crippen LogP contribution in [0, 0.1) is 23.0 Å². The van der Waals surface area contributed by atoms with Crippen LogP contribution in [0.2, 0.25) is 0 Å². The van der Waals surface area contributed by atoms with E-state index >= 15 is 0 Å². The lowest BCUT2D eigenvalue weighted by Crippen LogP contribution is -1.98. The van der Waals surface area contributed by atoms with E-state index in [1.165, 1.54) is 12.1 Å². The summed E-state index contributed by atoms with van der Waals surface area (Å²) >= 11 is 1.14. The van der Waals surface area contributed by atoms with Crippen LogP contribution in [0.5, 0.6) is 11.5 Å². The lowest BCUT2D eigenvalue weighted by Gasteiger charge is -2.14. The van der Waals surface area contributed by atoms with Gasteiger partial charge in [0.25, 0.3) is 6.43 Å². The maximum absolute atomic E-state index is 13.3. The molecule has 0 unspecified atom stereocenters. The third-order valence-electron chi connectivity index (χ3n) is 2.78. The molecule has 0 aliphatic carbocycles. The van der Waals surface area contributed by atoms with Crippen LogP contribution in [-0.4, -0.2) is 6.26 Å². The van der Waals surface area contributed by atoms with Crippen molar-refractivity contribution < 1.29 is 22.3 Å². The van der Waals surface area contributed by atoms with Gasteiger partial charge in [-0.15, -0.1) is 11.8 Å². The van der Waals surface area contributed by atoms with E-state index in [-0.39, 0.29) is 17.1 Å². The second-order valence-corrected chi connectivity index (χ2v) is 5.02. The molecule has 0 spiro atoms. The summed E-state index contributed by atoms with van der Waals surface area (Å²) < 4.78 is 57.9. The summed E-state index contributed by atoms with van der Waals surface area (Å²) in [7, 11) is 0. The minimum atomic E-state index is -2.96. The number of benzene rings is 2. The van der Waals surface area contributed by atoms with E-state index in [4.69, 9.17) is 10.00 Å². The zero-order chi connectivity index (χ0) is 16.3. The van der Waals surface area contributed by atoms with E-state index in [1.54, 1.807) is 12.3 Å². The molecule has 0 saturated carbocycles. The van der Waals surface area contributed by atoms with Gasteiger partial charge in [0.1, 0.15) is 29.2 Å². The Balaban J connectivity index is 2.53. The molecule has 2 aromatic rings. The number of halogens is 4. The number of hydrogen-bond donors (Lipinski definition) is 0. The van der Waals surface area contributed by atoms with Crippen molar-refractivity contribution in [2.75, 3.05) is 6.26 Å². The summed E-state index contributed by atoms with van der Waals surface area (Å²) in [6, 6.07) is 6.78. The average molecular weight is 327 g/mol. The highest BCUT2D eigenvalue weighted by atomic mass is 32.2. The zero-order valence-electron chi connectivity index (χ0n) is 11.2. The van der Waals surface area contributed by atoms with E-state index in [2.05, 4.69) is 0 Å². The Bertz CT molecular complexity index is 723. The normalized spacial score (nSPS) is 10.6. The highest BCUT2D eigenvalue weighted by molar-refractivity contribution is 7.98. The number of thioether (sulfide) groups is 1. The zero-order valence-corrected chi connectivity index (χ0v) is 12.1. The number of nitriles is 1. The third kappa shape index (κ3) is 3.34. The number of nitrogens with zero attached hydrogens (tertiary/aromatic N) is 1. The quantitative estimate of drug-likeness (QED) is 0.565. The summed E-state index contributed by atoms with van der Waals surface area (Å²) in [6.07, 6.45) is -1.32. The molecule has 2 rings (SSSR count). The first-order valence-corrected chi connectivity index (χ1v) is 7.21. The first-order chi connectivity index (χ1) is 10.5. The molecule has 22 heavy (non-hydrogen) atoms. The molecule has 0 N–H and O–H groups in total. The van der Waals surface area contributed by atoms with Crippen LogP contribution < -0.4 is 4.74 Å². The van der Waals surface area contributed by atoms with Crippen molar-refractivity contribution in [1.29, 1.82) is 5.26 Å². The Hall–Kier alpha value is -2.20. The Kier molecular flexibility index (Phi) is 4.93. The summed E-state index contributed by atoms with van der Waals surface area (Å²) in [5.74, 6) is -2.36. The second kappa shape index (κ2) is 6.71.